The Kier molecular flexibility index (Phi) is 5.75. The van der Waals surface area contributed by atoms with E-state index in [1.807, 2.05) is 58.9 Å². The number of hydrogen-bond acceptors (Lipinski definition) is 4. The minimum Gasteiger partial charge on any atom is -0.322 e. The van der Waals surface area contributed by atoms with Gasteiger partial charge in [0.05, 0.1) is 12.2 Å². The summed E-state index contributed by atoms with van der Waals surface area (Å²) in [6.45, 7) is 5.27. The maximum absolute atomic E-state index is 13.9. The van der Waals surface area contributed by atoms with Crippen molar-refractivity contribution < 1.29 is 9.18 Å². The second-order valence-corrected chi connectivity index (χ2v) is 8.25. The number of nitrogens with one attached hydrogen (secondary N) is 1. The van der Waals surface area contributed by atoms with Crippen molar-refractivity contribution in [2.45, 2.75) is 13.5 Å². The van der Waals surface area contributed by atoms with E-state index in [1.165, 1.54) is 12.1 Å². The predicted molar refractivity (Wildman–Crippen MR) is 126 cm³/mol. The topological polar surface area (TPSA) is 66.3 Å². The van der Waals surface area contributed by atoms with Gasteiger partial charge in [0.15, 0.2) is 5.65 Å². The molecule has 0 aliphatic carbocycles. The molecule has 4 aromatic rings. The number of hydrogen-bond donors (Lipinski definition) is 1. The van der Waals surface area contributed by atoms with E-state index in [0.717, 1.165) is 35.7 Å². The Morgan fingerprint density at radius 3 is 2.64 bits per heavy atom. The molecule has 2 amide bonds. The summed E-state index contributed by atoms with van der Waals surface area (Å²) in [5.74, 6) is 0.497. The zero-order chi connectivity index (χ0) is 22.8. The number of aromatic nitrogens is 3. The van der Waals surface area contributed by atoms with Crippen LogP contribution >= 0.6 is 0 Å². The van der Waals surface area contributed by atoms with Gasteiger partial charge in [-0.1, -0.05) is 18.2 Å². The van der Waals surface area contributed by atoms with Crippen LogP contribution in [0.3, 0.4) is 0 Å². The Bertz CT molecular complexity index is 1300. The molecule has 0 saturated carbocycles. The standard InChI is InChI=1S/C25H25FN6O/c1-18-5-2-7-20(15-18)28-25(33)31-13-11-30(12-14-31)17-23-29-22-9-4-10-27-24(22)32(23)21-8-3-6-19(26)16-21/h2-10,15-16H,11-14,17H2,1H3,(H,28,33). The van der Waals surface area contributed by atoms with Crippen LogP contribution in [0.15, 0.2) is 66.9 Å². The van der Waals surface area contributed by atoms with Crippen LogP contribution in [0.4, 0.5) is 14.9 Å². The van der Waals surface area contributed by atoms with Crippen molar-refractivity contribution in [1.82, 2.24) is 24.3 Å². The van der Waals surface area contributed by atoms with Gasteiger partial charge in [-0.2, -0.15) is 0 Å². The molecule has 5 rings (SSSR count). The van der Waals surface area contributed by atoms with Crippen molar-refractivity contribution in [3.05, 3.63) is 84.1 Å². The molecule has 0 atom stereocenters. The quantitative estimate of drug-likeness (QED) is 0.512. The van der Waals surface area contributed by atoms with Crippen LogP contribution in [-0.2, 0) is 6.54 Å². The molecule has 1 aliphatic rings. The lowest BCUT2D eigenvalue weighted by atomic mass is 10.2. The zero-order valence-electron chi connectivity index (χ0n) is 18.4. The number of aryl methyl sites for hydroxylation is 1. The van der Waals surface area contributed by atoms with Crippen LogP contribution in [-0.4, -0.2) is 56.5 Å². The summed E-state index contributed by atoms with van der Waals surface area (Å²) in [4.78, 5) is 26.0. The first-order valence-corrected chi connectivity index (χ1v) is 11.0. The molecule has 7 nitrogen and oxygen atoms in total. The van der Waals surface area contributed by atoms with Crippen molar-refractivity contribution in [3.8, 4) is 5.69 Å². The SMILES string of the molecule is Cc1cccc(NC(=O)N2CCN(Cc3nc4cccnc4n3-c3cccc(F)c3)CC2)c1. The number of urea groups is 1. The number of amides is 2. The molecule has 168 valence electrons. The Balaban J connectivity index is 1.30. The number of fused-ring (bicyclic) bond motifs is 1. The molecule has 1 N–H and O–H groups in total. The van der Waals surface area contributed by atoms with Crippen LogP contribution in [0.25, 0.3) is 16.9 Å². The molecule has 1 saturated heterocycles. The summed E-state index contributed by atoms with van der Waals surface area (Å²) >= 11 is 0. The average Bonchev–Trinajstić information content (AvgIpc) is 3.17. The Labute approximate surface area is 191 Å². The fourth-order valence-corrected chi connectivity index (χ4v) is 4.19. The molecule has 0 radical (unpaired) electrons. The van der Waals surface area contributed by atoms with Gasteiger partial charge in [-0.25, -0.2) is 19.2 Å². The summed E-state index contributed by atoms with van der Waals surface area (Å²) in [6, 6.07) is 17.9. The van der Waals surface area contributed by atoms with E-state index >= 15 is 0 Å². The third-order valence-corrected chi connectivity index (χ3v) is 5.85. The number of pyridine rings is 1. The largest absolute Gasteiger partial charge is 0.322 e. The van der Waals surface area contributed by atoms with Gasteiger partial charge in [0.1, 0.15) is 17.2 Å². The predicted octanol–water partition coefficient (Wildman–Crippen LogP) is 4.22. The number of nitrogens with zero attached hydrogens (tertiary/aromatic N) is 5. The number of halogens is 1. The Hall–Kier alpha value is -3.78. The highest BCUT2D eigenvalue weighted by molar-refractivity contribution is 5.89. The van der Waals surface area contributed by atoms with Gasteiger partial charge in [-0.3, -0.25) is 9.47 Å². The van der Waals surface area contributed by atoms with Crippen molar-refractivity contribution in [2.75, 3.05) is 31.5 Å². The number of carbonyl (C=O) groups is 1. The van der Waals surface area contributed by atoms with Crippen molar-refractivity contribution in [3.63, 3.8) is 0 Å². The minimum atomic E-state index is -0.301. The first kappa shape index (κ1) is 21.1. The van der Waals surface area contributed by atoms with E-state index in [0.29, 0.717) is 31.0 Å². The first-order chi connectivity index (χ1) is 16.1. The van der Waals surface area contributed by atoms with Crippen LogP contribution in [0.2, 0.25) is 0 Å². The normalized spacial score (nSPS) is 14.5. The Morgan fingerprint density at radius 2 is 1.85 bits per heavy atom. The highest BCUT2D eigenvalue weighted by Gasteiger charge is 2.23. The van der Waals surface area contributed by atoms with Crippen molar-refractivity contribution in [2.24, 2.45) is 0 Å². The number of imidazole rings is 1. The van der Waals surface area contributed by atoms with Gasteiger partial charge in [-0.15, -0.1) is 0 Å². The van der Waals surface area contributed by atoms with Gasteiger partial charge in [0, 0.05) is 38.1 Å². The third kappa shape index (κ3) is 4.56. The van der Waals surface area contributed by atoms with Crippen LogP contribution in [0, 0.1) is 12.7 Å². The molecule has 0 spiro atoms. The van der Waals surface area contributed by atoms with Crippen LogP contribution < -0.4 is 5.32 Å². The lowest BCUT2D eigenvalue weighted by Gasteiger charge is -2.34. The smallest absolute Gasteiger partial charge is 0.321 e. The summed E-state index contributed by atoms with van der Waals surface area (Å²) < 4.78 is 15.9. The van der Waals surface area contributed by atoms with E-state index < -0.39 is 0 Å². The highest BCUT2D eigenvalue weighted by atomic mass is 19.1. The molecule has 3 heterocycles. The van der Waals surface area contributed by atoms with E-state index in [-0.39, 0.29) is 11.8 Å². The van der Waals surface area contributed by atoms with Crippen molar-refractivity contribution >= 4 is 22.9 Å². The molecule has 2 aromatic heterocycles. The zero-order valence-corrected chi connectivity index (χ0v) is 18.4. The molecule has 2 aromatic carbocycles. The minimum absolute atomic E-state index is 0.0866. The van der Waals surface area contributed by atoms with Gasteiger partial charge in [0.25, 0.3) is 0 Å². The number of piperazine rings is 1. The molecular weight excluding hydrogens is 419 g/mol. The summed E-state index contributed by atoms with van der Waals surface area (Å²) in [5, 5.41) is 2.98. The second-order valence-electron chi connectivity index (χ2n) is 8.25. The number of carbonyl (C=O) groups excluding carboxylic acids is 1. The molecule has 0 unspecified atom stereocenters. The molecule has 8 heteroatoms. The lowest BCUT2D eigenvalue weighted by Crippen LogP contribution is -2.49. The second kappa shape index (κ2) is 8.99. The molecular formula is C25H25FN6O. The van der Waals surface area contributed by atoms with E-state index in [1.54, 1.807) is 12.3 Å². The maximum Gasteiger partial charge on any atom is 0.321 e. The molecule has 33 heavy (non-hydrogen) atoms. The van der Waals surface area contributed by atoms with E-state index in [2.05, 4.69) is 15.2 Å². The Morgan fingerprint density at radius 1 is 1.03 bits per heavy atom. The van der Waals surface area contributed by atoms with E-state index in [9.17, 15) is 9.18 Å². The van der Waals surface area contributed by atoms with Crippen LogP contribution in [0.1, 0.15) is 11.4 Å². The average molecular weight is 445 g/mol. The lowest BCUT2D eigenvalue weighted by molar-refractivity contribution is 0.140. The monoisotopic (exact) mass is 444 g/mol. The maximum atomic E-state index is 13.9. The molecule has 0 bridgehead atoms. The third-order valence-electron chi connectivity index (χ3n) is 5.85. The van der Waals surface area contributed by atoms with Crippen molar-refractivity contribution in [1.29, 1.82) is 0 Å². The highest BCUT2D eigenvalue weighted by Crippen LogP contribution is 2.22. The van der Waals surface area contributed by atoms with E-state index in [4.69, 9.17) is 4.98 Å². The fourth-order valence-electron chi connectivity index (χ4n) is 4.19. The first-order valence-electron chi connectivity index (χ1n) is 11.0. The fraction of sp³-hybridized carbons (Fsp3) is 0.240. The number of benzene rings is 2. The number of anilines is 1. The summed E-state index contributed by atoms with van der Waals surface area (Å²) in [5.41, 5.74) is 4.08. The molecule has 1 fully saturated rings. The van der Waals surface area contributed by atoms with Gasteiger partial charge >= 0.3 is 6.03 Å². The number of rotatable bonds is 4. The van der Waals surface area contributed by atoms with Crippen LogP contribution in [0.5, 0.6) is 0 Å². The summed E-state index contributed by atoms with van der Waals surface area (Å²) in [7, 11) is 0. The van der Waals surface area contributed by atoms with Gasteiger partial charge < -0.3 is 10.2 Å². The van der Waals surface area contributed by atoms with Gasteiger partial charge in [0.2, 0.25) is 0 Å². The van der Waals surface area contributed by atoms with Gasteiger partial charge in [-0.05, 0) is 55.0 Å². The summed E-state index contributed by atoms with van der Waals surface area (Å²) in [6.07, 6.45) is 1.72. The molecule has 1 aliphatic heterocycles.